The van der Waals surface area contributed by atoms with Gasteiger partial charge >= 0.3 is 6.03 Å². The number of benzene rings is 1. The molecule has 0 unspecified atom stereocenters. The lowest BCUT2D eigenvalue weighted by Crippen LogP contribution is -2.28. The lowest BCUT2D eigenvalue weighted by molar-refractivity contribution is 0.0687. The Balaban J connectivity index is 1.75. The molecule has 158 valence electrons. The number of aliphatic hydroxyl groups is 1. The highest BCUT2D eigenvalue weighted by Gasteiger charge is 2.24. The molecule has 9 heteroatoms. The number of anilines is 1. The zero-order valence-electron chi connectivity index (χ0n) is 17.3. The number of aromatic amines is 1. The number of amides is 2. The molecule has 1 fully saturated rings. The van der Waals surface area contributed by atoms with E-state index in [1.807, 2.05) is 19.1 Å². The summed E-state index contributed by atoms with van der Waals surface area (Å²) in [6.45, 7) is 6.40. The van der Waals surface area contributed by atoms with E-state index < -0.39 is 5.60 Å². The number of hydrogen-bond acceptors (Lipinski definition) is 6. The first-order chi connectivity index (χ1) is 14.3. The fourth-order valence-electron chi connectivity index (χ4n) is 3.54. The Bertz CT molecular complexity index is 1050. The molecule has 4 N–H and O–H groups in total. The fraction of sp³-hybridized carbons (Fsp3) is 0.429. The van der Waals surface area contributed by atoms with Crippen molar-refractivity contribution in [2.75, 3.05) is 18.5 Å². The number of ether oxygens (including phenoxy) is 1. The molecule has 9 nitrogen and oxygen atoms in total. The highest BCUT2D eigenvalue weighted by molar-refractivity contribution is 5.92. The second-order valence-corrected chi connectivity index (χ2v) is 7.89. The Labute approximate surface area is 174 Å². The number of nitrogens with zero attached hydrogens (tertiary/aromatic N) is 3. The van der Waals surface area contributed by atoms with Gasteiger partial charge in [-0.25, -0.2) is 19.7 Å². The predicted molar refractivity (Wildman–Crippen MR) is 113 cm³/mol. The summed E-state index contributed by atoms with van der Waals surface area (Å²) in [4.78, 5) is 28.3. The van der Waals surface area contributed by atoms with E-state index in [0.29, 0.717) is 24.9 Å². The molecule has 30 heavy (non-hydrogen) atoms. The summed E-state index contributed by atoms with van der Waals surface area (Å²) in [5.74, 6) is 0.739. The molecule has 0 spiro atoms. The molecule has 0 saturated carbocycles. The minimum Gasteiger partial charge on any atom is -0.382 e. The number of H-pyrrole nitrogens is 1. The Morgan fingerprint density at radius 3 is 2.70 bits per heavy atom. The van der Waals surface area contributed by atoms with Crippen LogP contribution in [0.3, 0.4) is 0 Å². The minimum absolute atomic E-state index is 0.0513. The predicted octanol–water partition coefficient (Wildman–Crippen LogP) is 3.24. The highest BCUT2D eigenvalue weighted by Crippen LogP contribution is 2.36. The molecule has 0 aliphatic carbocycles. The SMILES string of the molecule is CCNC(=O)Nc1nc2c([C@@H]3CCCO3)cc(-c3cnc(C(C)(C)O)nc3)cc2[nH]1. The number of fused-ring (bicyclic) bond motifs is 1. The van der Waals surface area contributed by atoms with Gasteiger partial charge < -0.3 is 20.1 Å². The first-order valence-electron chi connectivity index (χ1n) is 10.1. The molecule has 1 saturated heterocycles. The van der Waals surface area contributed by atoms with Gasteiger partial charge in [0.15, 0.2) is 5.82 Å². The van der Waals surface area contributed by atoms with Gasteiger partial charge in [0, 0.05) is 36.7 Å². The zero-order chi connectivity index (χ0) is 21.3. The maximum Gasteiger partial charge on any atom is 0.321 e. The van der Waals surface area contributed by atoms with Crippen molar-refractivity contribution in [3.8, 4) is 11.1 Å². The van der Waals surface area contributed by atoms with Gasteiger partial charge in [0.25, 0.3) is 0 Å². The van der Waals surface area contributed by atoms with Crippen molar-refractivity contribution in [1.82, 2.24) is 25.3 Å². The van der Waals surface area contributed by atoms with Crippen LogP contribution in [0.15, 0.2) is 24.5 Å². The number of hydrogen-bond donors (Lipinski definition) is 4. The number of carbonyl (C=O) groups excluding carboxylic acids is 1. The van der Waals surface area contributed by atoms with Gasteiger partial charge in [-0.3, -0.25) is 5.32 Å². The van der Waals surface area contributed by atoms with Gasteiger partial charge in [0.2, 0.25) is 5.95 Å². The zero-order valence-corrected chi connectivity index (χ0v) is 17.3. The topological polar surface area (TPSA) is 125 Å². The number of nitrogens with one attached hydrogen (secondary N) is 3. The van der Waals surface area contributed by atoms with E-state index in [0.717, 1.165) is 40.6 Å². The molecule has 1 aliphatic heterocycles. The van der Waals surface area contributed by atoms with E-state index in [-0.39, 0.29) is 12.1 Å². The van der Waals surface area contributed by atoms with Crippen molar-refractivity contribution in [2.24, 2.45) is 0 Å². The molecule has 1 atom stereocenters. The van der Waals surface area contributed by atoms with Crippen molar-refractivity contribution >= 4 is 23.0 Å². The van der Waals surface area contributed by atoms with Crippen LogP contribution in [0.4, 0.5) is 10.7 Å². The second kappa shape index (κ2) is 8.00. The third-order valence-electron chi connectivity index (χ3n) is 4.99. The molecule has 1 aliphatic rings. The molecule has 2 aromatic heterocycles. The monoisotopic (exact) mass is 410 g/mol. The number of imidazole rings is 1. The van der Waals surface area contributed by atoms with E-state index >= 15 is 0 Å². The van der Waals surface area contributed by atoms with E-state index in [4.69, 9.17) is 4.74 Å². The average Bonchev–Trinajstić information content (AvgIpc) is 3.36. The Kier molecular flexibility index (Phi) is 5.40. The van der Waals surface area contributed by atoms with Crippen LogP contribution in [0.1, 0.15) is 51.1 Å². The summed E-state index contributed by atoms with van der Waals surface area (Å²) >= 11 is 0. The van der Waals surface area contributed by atoms with Crippen molar-refractivity contribution in [1.29, 1.82) is 0 Å². The lowest BCUT2D eigenvalue weighted by atomic mass is 9.99. The highest BCUT2D eigenvalue weighted by atomic mass is 16.5. The number of rotatable bonds is 5. The Hall–Kier alpha value is -3.04. The summed E-state index contributed by atoms with van der Waals surface area (Å²) in [5.41, 5.74) is 3.14. The van der Waals surface area contributed by atoms with E-state index in [2.05, 4.69) is 30.6 Å². The summed E-state index contributed by atoms with van der Waals surface area (Å²) in [5, 5.41) is 15.5. The summed E-state index contributed by atoms with van der Waals surface area (Å²) < 4.78 is 5.91. The summed E-state index contributed by atoms with van der Waals surface area (Å²) in [6, 6.07) is 3.68. The van der Waals surface area contributed by atoms with Crippen LogP contribution in [0.5, 0.6) is 0 Å². The normalized spacial score (nSPS) is 16.7. The third kappa shape index (κ3) is 4.12. The van der Waals surface area contributed by atoms with Gasteiger partial charge in [-0.2, -0.15) is 0 Å². The average molecular weight is 410 g/mol. The van der Waals surface area contributed by atoms with E-state index in [1.54, 1.807) is 26.2 Å². The van der Waals surface area contributed by atoms with Gasteiger partial charge in [0.05, 0.1) is 17.1 Å². The van der Waals surface area contributed by atoms with Crippen LogP contribution in [0, 0.1) is 0 Å². The van der Waals surface area contributed by atoms with Crippen LogP contribution in [0.2, 0.25) is 0 Å². The van der Waals surface area contributed by atoms with Gasteiger partial charge in [-0.05, 0) is 51.3 Å². The molecular formula is C21H26N6O3. The summed E-state index contributed by atoms with van der Waals surface area (Å²) in [7, 11) is 0. The molecular weight excluding hydrogens is 384 g/mol. The number of urea groups is 1. The largest absolute Gasteiger partial charge is 0.382 e. The van der Waals surface area contributed by atoms with E-state index in [1.165, 1.54) is 0 Å². The van der Waals surface area contributed by atoms with Crippen molar-refractivity contribution in [3.05, 3.63) is 35.9 Å². The molecule has 4 rings (SSSR count). The quantitative estimate of drug-likeness (QED) is 0.512. The number of carbonyl (C=O) groups is 1. The minimum atomic E-state index is -1.10. The Morgan fingerprint density at radius 2 is 2.07 bits per heavy atom. The first-order valence-corrected chi connectivity index (χ1v) is 10.1. The van der Waals surface area contributed by atoms with E-state index in [9.17, 15) is 9.90 Å². The molecule has 3 heterocycles. The summed E-state index contributed by atoms with van der Waals surface area (Å²) in [6.07, 6.45) is 5.26. The molecule has 0 bridgehead atoms. The van der Waals surface area contributed by atoms with Crippen LogP contribution >= 0.6 is 0 Å². The van der Waals surface area contributed by atoms with Crippen LogP contribution in [0.25, 0.3) is 22.2 Å². The maximum atomic E-state index is 11.9. The fourth-order valence-corrected chi connectivity index (χ4v) is 3.54. The first kappa shape index (κ1) is 20.2. The molecule has 2 amide bonds. The number of aromatic nitrogens is 4. The van der Waals surface area contributed by atoms with Gasteiger partial charge in [-0.15, -0.1) is 0 Å². The van der Waals surface area contributed by atoms with Gasteiger partial charge in [-0.1, -0.05) is 0 Å². The molecule has 0 radical (unpaired) electrons. The smallest absolute Gasteiger partial charge is 0.321 e. The van der Waals surface area contributed by atoms with Gasteiger partial charge in [0.1, 0.15) is 5.60 Å². The van der Waals surface area contributed by atoms with Crippen molar-refractivity contribution in [3.63, 3.8) is 0 Å². The Morgan fingerprint density at radius 1 is 1.30 bits per heavy atom. The molecule has 1 aromatic carbocycles. The maximum absolute atomic E-state index is 11.9. The van der Waals surface area contributed by atoms with Crippen molar-refractivity contribution in [2.45, 2.75) is 45.3 Å². The van der Waals surface area contributed by atoms with Crippen LogP contribution in [-0.2, 0) is 10.3 Å². The van der Waals surface area contributed by atoms with Crippen LogP contribution < -0.4 is 10.6 Å². The second-order valence-electron chi connectivity index (χ2n) is 7.89. The molecule has 3 aromatic rings. The third-order valence-corrected chi connectivity index (χ3v) is 4.99. The standard InChI is InChI=1S/C21H26N6O3/c1-4-22-20(28)27-19-25-15-9-12(13-10-23-18(24-11-13)21(2,3)29)8-14(17(15)26-19)16-6-5-7-30-16/h8-11,16,29H,4-7H2,1-3H3,(H3,22,25,26,27,28)/t16-/m0/s1. The lowest BCUT2D eigenvalue weighted by Gasteiger charge is -2.16. The van der Waals surface area contributed by atoms with Crippen LogP contribution in [-0.4, -0.2) is 44.2 Å². The van der Waals surface area contributed by atoms with Crippen molar-refractivity contribution < 1.29 is 14.6 Å².